The molecule has 0 heterocycles. The average molecular weight is 537 g/mol. The summed E-state index contributed by atoms with van der Waals surface area (Å²) in [5.74, 6) is 2.28. The van der Waals surface area contributed by atoms with Crippen LogP contribution in [0, 0.1) is 20.8 Å². The van der Waals surface area contributed by atoms with E-state index < -0.39 is 0 Å². The van der Waals surface area contributed by atoms with Crippen LogP contribution < -0.4 is 14.2 Å². The Bertz CT molecular complexity index is 1170. The Morgan fingerprint density at radius 3 is 1.64 bits per heavy atom. The largest absolute Gasteiger partial charge is 0.493 e. The Labute approximate surface area is 233 Å². The summed E-state index contributed by atoms with van der Waals surface area (Å²) in [5, 5.41) is 18.6. The molecule has 0 aliphatic rings. The maximum Gasteiger partial charge on any atom is 0.135 e. The van der Waals surface area contributed by atoms with E-state index in [0.717, 1.165) is 75.6 Å². The van der Waals surface area contributed by atoms with E-state index in [-0.39, 0.29) is 13.2 Å². The first-order chi connectivity index (χ1) is 19.0. The lowest BCUT2D eigenvalue weighted by atomic mass is 9.92. The number of ether oxygens (including phenoxy) is 4. The lowest BCUT2D eigenvalue weighted by molar-refractivity contribution is 0.101. The van der Waals surface area contributed by atoms with Crippen LogP contribution in [0.15, 0.2) is 48.5 Å². The van der Waals surface area contributed by atoms with Crippen molar-refractivity contribution in [2.45, 2.75) is 53.4 Å². The van der Waals surface area contributed by atoms with Gasteiger partial charge in [-0.05, 0) is 82.0 Å². The Kier molecular flexibility index (Phi) is 12.6. The zero-order valence-electron chi connectivity index (χ0n) is 23.9. The molecule has 0 saturated carbocycles. The fourth-order valence-electron chi connectivity index (χ4n) is 4.38. The fourth-order valence-corrected chi connectivity index (χ4v) is 4.38. The summed E-state index contributed by atoms with van der Waals surface area (Å²) in [6.45, 7) is 11.1. The molecule has 212 valence electrons. The van der Waals surface area contributed by atoms with Crippen LogP contribution >= 0.6 is 0 Å². The van der Waals surface area contributed by atoms with Gasteiger partial charge in [-0.1, -0.05) is 30.2 Å². The molecule has 6 heteroatoms. The average Bonchev–Trinajstić information content (AvgIpc) is 2.93. The van der Waals surface area contributed by atoms with Gasteiger partial charge in [0, 0.05) is 48.5 Å². The minimum atomic E-state index is 0.0523. The topological polar surface area (TPSA) is 77.4 Å². The van der Waals surface area contributed by atoms with Crippen molar-refractivity contribution < 1.29 is 29.2 Å². The SMILES string of the molecule is CCCOCCOc1ccc(C)cc1-c1cc(C)cc(-c2cc(C)ccc2OCCCCO)c1OCCCO. The van der Waals surface area contributed by atoms with E-state index in [2.05, 4.69) is 52.0 Å². The molecule has 0 bridgehead atoms. The van der Waals surface area contributed by atoms with E-state index in [0.29, 0.717) is 39.3 Å². The van der Waals surface area contributed by atoms with Gasteiger partial charge in [0.25, 0.3) is 0 Å². The second-order valence-corrected chi connectivity index (χ2v) is 9.85. The van der Waals surface area contributed by atoms with Gasteiger partial charge in [0.05, 0.1) is 19.8 Å². The van der Waals surface area contributed by atoms with Crippen molar-refractivity contribution in [2.24, 2.45) is 0 Å². The molecule has 3 aromatic rings. The Balaban J connectivity index is 2.12. The predicted molar refractivity (Wildman–Crippen MR) is 157 cm³/mol. The monoisotopic (exact) mass is 536 g/mol. The van der Waals surface area contributed by atoms with Crippen molar-refractivity contribution in [1.82, 2.24) is 0 Å². The van der Waals surface area contributed by atoms with E-state index in [1.54, 1.807) is 0 Å². The van der Waals surface area contributed by atoms with Crippen molar-refractivity contribution in [3.63, 3.8) is 0 Å². The number of benzene rings is 3. The van der Waals surface area contributed by atoms with E-state index in [1.165, 1.54) is 0 Å². The summed E-state index contributed by atoms with van der Waals surface area (Å²) in [7, 11) is 0. The van der Waals surface area contributed by atoms with Crippen LogP contribution in [0.3, 0.4) is 0 Å². The van der Waals surface area contributed by atoms with Gasteiger partial charge in [0.15, 0.2) is 0 Å². The molecular weight excluding hydrogens is 492 g/mol. The molecule has 0 unspecified atom stereocenters. The second kappa shape index (κ2) is 16.1. The number of unbranched alkanes of at least 4 members (excludes halogenated alkanes) is 1. The lowest BCUT2D eigenvalue weighted by Gasteiger charge is -2.21. The summed E-state index contributed by atoms with van der Waals surface area (Å²) in [5.41, 5.74) is 7.09. The third kappa shape index (κ3) is 8.99. The van der Waals surface area contributed by atoms with Gasteiger partial charge in [-0.3, -0.25) is 0 Å². The number of hydrogen-bond acceptors (Lipinski definition) is 6. The van der Waals surface area contributed by atoms with E-state index in [9.17, 15) is 5.11 Å². The normalized spacial score (nSPS) is 11.0. The molecule has 0 atom stereocenters. The van der Waals surface area contributed by atoms with Crippen LogP contribution in [0.25, 0.3) is 22.3 Å². The van der Waals surface area contributed by atoms with Gasteiger partial charge in [-0.15, -0.1) is 0 Å². The highest BCUT2D eigenvalue weighted by atomic mass is 16.5. The van der Waals surface area contributed by atoms with E-state index in [4.69, 9.17) is 24.1 Å². The predicted octanol–water partition coefficient (Wildman–Crippen LogP) is 6.66. The standard InChI is InChI=1S/C33H44O6/c1-5-15-36-18-19-38-32-12-10-25(3)21-28(32)30-23-26(4)22-29(33(30)39-17-8-14-35)27-20-24(2)9-11-31(27)37-16-7-6-13-34/h9-12,20-23,34-35H,5-8,13-19H2,1-4H3. The summed E-state index contributed by atoms with van der Waals surface area (Å²) >= 11 is 0. The van der Waals surface area contributed by atoms with Crippen LogP contribution in [0.5, 0.6) is 17.2 Å². The van der Waals surface area contributed by atoms with Gasteiger partial charge in [0.1, 0.15) is 23.9 Å². The molecule has 0 amide bonds. The maximum absolute atomic E-state index is 9.47. The first-order valence-electron chi connectivity index (χ1n) is 14.0. The van der Waals surface area contributed by atoms with Crippen molar-refractivity contribution in [2.75, 3.05) is 46.2 Å². The molecule has 6 nitrogen and oxygen atoms in total. The molecule has 0 spiro atoms. The number of aliphatic hydroxyl groups is 2. The molecule has 0 saturated heterocycles. The first kappa shape index (κ1) is 30.5. The summed E-state index contributed by atoms with van der Waals surface area (Å²) in [6.07, 6.45) is 2.97. The number of aryl methyl sites for hydroxylation is 3. The van der Waals surface area contributed by atoms with Gasteiger partial charge in [-0.25, -0.2) is 0 Å². The summed E-state index contributed by atoms with van der Waals surface area (Å²) in [4.78, 5) is 0. The third-order valence-corrected chi connectivity index (χ3v) is 6.28. The molecule has 0 aliphatic carbocycles. The smallest absolute Gasteiger partial charge is 0.135 e. The highest BCUT2D eigenvalue weighted by Crippen LogP contribution is 2.46. The highest BCUT2D eigenvalue weighted by Gasteiger charge is 2.21. The minimum absolute atomic E-state index is 0.0523. The van der Waals surface area contributed by atoms with Crippen molar-refractivity contribution in [3.05, 3.63) is 65.2 Å². The molecule has 0 radical (unpaired) electrons. The molecular formula is C33H44O6. The van der Waals surface area contributed by atoms with Crippen molar-refractivity contribution in [1.29, 1.82) is 0 Å². The molecule has 0 aliphatic heterocycles. The lowest BCUT2D eigenvalue weighted by Crippen LogP contribution is -2.08. The molecule has 2 N–H and O–H groups in total. The van der Waals surface area contributed by atoms with E-state index >= 15 is 0 Å². The van der Waals surface area contributed by atoms with Crippen LogP contribution in [0.2, 0.25) is 0 Å². The molecule has 39 heavy (non-hydrogen) atoms. The van der Waals surface area contributed by atoms with Crippen LogP contribution in [0.4, 0.5) is 0 Å². The molecule has 3 aromatic carbocycles. The number of aliphatic hydroxyl groups excluding tert-OH is 2. The van der Waals surface area contributed by atoms with Gasteiger partial charge >= 0.3 is 0 Å². The number of rotatable bonds is 17. The molecule has 0 aromatic heterocycles. The minimum Gasteiger partial charge on any atom is -0.493 e. The second-order valence-electron chi connectivity index (χ2n) is 9.85. The van der Waals surface area contributed by atoms with Gasteiger partial charge < -0.3 is 29.2 Å². The third-order valence-electron chi connectivity index (χ3n) is 6.28. The molecule has 3 rings (SSSR count). The highest BCUT2D eigenvalue weighted by molar-refractivity contribution is 5.87. The molecule has 0 fully saturated rings. The summed E-state index contributed by atoms with van der Waals surface area (Å²) in [6, 6.07) is 16.6. The van der Waals surface area contributed by atoms with E-state index in [1.807, 2.05) is 24.3 Å². The van der Waals surface area contributed by atoms with Crippen LogP contribution in [-0.2, 0) is 4.74 Å². The Morgan fingerprint density at radius 1 is 0.538 bits per heavy atom. The fraction of sp³-hybridized carbons (Fsp3) is 0.455. The zero-order chi connectivity index (χ0) is 28.0. The maximum atomic E-state index is 9.47. The van der Waals surface area contributed by atoms with Gasteiger partial charge in [-0.2, -0.15) is 0 Å². The first-order valence-corrected chi connectivity index (χ1v) is 14.0. The summed E-state index contributed by atoms with van der Waals surface area (Å²) < 4.78 is 24.5. The Hall–Kier alpha value is -3.06. The van der Waals surface area contributed by atoms with Crippen molar-refractivity contribution >= 4 is 0 Å². The van der Waals surface area contributed by atoms with Crippen LogP contribution in [-0.4, -0.2) is 56.5 Å². The zero-order valence-corrected chi connectivity index (χ0v) is 23.9. The van der Waals surface area contributed by atoms with Gasteiger partial charge in [0.2, 0.25) is 0 Å². The Morgan fingerprint density at radius 2 is 1.08 bits per heavy atom. The van der Waals surface area contributed by atoms with Crippen LogP contribution in [0.1, 0.15) is 49.3 Å². The van der Waals surface area contributed by atoms with Crippen molar-refractivity contribution in [3.8, 4) is 39.5 Å². The quantitative estimate of drug-likeness (QED) is 0.188. The number of hydrogen-bond donors (Lipinski definition) is 2.